The van der Waals surface area contributed by atoms with Gasteiger partial charge in [-0.3, -0.25) is 9.69 Å². The maximum Gasteiger partial charge on any atom is 0.410 e. The van der Waals surface area contributed by atoms with Crippen molar-refractivity contribution < 1.29 is 9.53 Å². The lowest BCUT2D eigenvalue weighted by atomic mass is 9.91. The first-order valence-corrected chi connectivity index (χ1v) is 11.7. The van der Waals surface area contributed by atoms with Crippen molar-refractivity contribution >= 4 is 6.09 Å². The third-order valence-electron chi connectivity index (χ3n) is 6.66. The smallest absolute Gasteiger partial charge is 0.410 e. The van der Waals surface area contributed by atoms with E-state index in [-0.39, 0.29) is 17.2 Å². The second-order valence-corrected chi connectivity index (χ2v) is 10.4. The van der Waals surface area contributed by atoms with Gasteiger partial charge in [-0.05, 0) is 58.2 Å². The molecule has 1 saturated heterocycles. The van der Waals surface area contributed by atoms with Crippen molar-refractivity contribution in [3.63, 3.8) is 0 Å². The summed E-state index contributed by atoms with van der Waals surface area (Å²) in [5.74, 6) is 0. The topological polar surface area (TPSA) is 65.6 Å². The van der Waals surface area contributed by atoms with Crippen molar-refractivity contribution in [3.8, 4) is 11.3 Å². The van der Waals surface area contributed by atoms with E-state index >= 15 is 0 Å². The van der Waals surface area contributed by atoms with E-state index < -0.39 is 5.60 Å². The van der Waals surface area contributed by atoms with Crippen molar-refractivity contribution in [1.82, 2.24) is 14.8 Å². The molecule has 1 aliphatic heterocycles. The number of hydrogen-bond acceptors (Lipinski definition) is 4. The van der Waals surface area contributed by atoms with Crippen LogP contribution in [0.1, 0.15) is 57.6 Å². The molecule has 1 amide bonds. The van der Waals surface area contributed by atoms with E-state index in [0.717, 1.165) is 49.0 Å². The van der Waals surface area contributed by atoms with E-state index in [4.69, 9.17) is 4.74 Å². The summed E-state index contributed by atoms with van der Waals surface area (Å²) in [6, 6.07) is 12.1. The number of aryl methyl sites for hydroxylation is 1. The number of aromatic amines is 1. The minimum atomic E-state index is -0.497. The number of hydrogen-bond donors (Lipinski definition) is 1. The molecule has 6 nitrogen and oxygen atoms in total. The fourth-order valence-electron chi connectivity index (χ4n) is 5.06. The molecule has 1 N–H and O–H groups in total. The van der Waals surface area contributed by atoms with Gasteiger partial charge in [-0.25, -0.2) is 4.79 Å². The van der Waals surface area contributed by atoms with Gasteiger partial charge < -0.3 is 14.6 Å². The summed E-state index contributed by atoms with van der Waals surface area (Å²) in [4.78, 5) is 33.0. The highest BCUT2D eigenvalue weighted by Crippen LogP contribution is 2.39. The van der Waals surface area contributed by atoms with Gasteiger partial charge in [-0.2, -0.15) is 0 Å². The van der Waals surface area contributed by atoms with Crippen LogP contribution in [0.2, 0.25) is 0 Å². The summed E-state index contributed by atoms with van der Waals surface area (Å²) >= 11 is 0. The molecule has 172 valence electrons. The van der Waals surface area contributed by atoms with Crippen molar-refractivity contribution in [1.29, 1.82) is 0 Å². The van der Waals surface area contributed by atoms with Gasteiger partial charge in [0, 0.05) is 43.0 Å². The fraction of sp³-hybridized carbons (Fsp3) is 0.538. The highest BCUT2D eigenvalue weighted by molar-refractivity contribution is 5.68. The van der Waals surface area contributed by atoms with E-state index in [2.05, 4.69) is 16.0 Å². The van der Waals surface area contributed by atoms with Crippen LogP contribution in [0.25, 0.3) is 11.3 Å². The Kier molecular flexibility index (Phi) is 6.17. The minimum absolute atomic E-state index is 0.0354. The first kappa shape index (κ1) is 22.6. The lowest BCUT2D eigenvalue weighted by molar-refractivity contribution is -0.0279. The number of carbonyl (C=O) groups excluding carboxylic acids is 1. The Morgan fingerprint density at radius 3 is 2.53 bits per heavy atom. The zero-order valence-electron chi connectivity index (χ0n) is 19.7. The zero-order chi connectivity index (χ0) is 22.9. The number of nitrogens with zero attached hydrogens (tertiary/aromatic N) is 2. The number of ether oxygens (including phenoxy) is 1. The number of piperazine rings is 1. The van der Waals surface area contributed by atoms with Crippen LogP contribution in [0.4, 0.5) is 4.79 Å². The maximum atomic E-state index is 12.9. The molecule has 1 aliphatic carbocycles. The molecule has 0 radical (unpaired) electrons. The second kappa shape index (κ2) is 8.74. The fourth-order valence-corrected chi connectivity index (χ4v) is 5.06. The standard InChI is InChI=1S/C26H35N3O3/c1-19-8-7-9-20(16-19)22-11-10-21(23(30)27-22)17-29-15-14-28(24(31)32-25(2,3)4)18-26(29)12-5-6-13-26/h7-11,16H,5-6,12-15,17-18H2,1-4H3,(H,27,30). The normalized spacial score (nSPS) is 18.8. The Bertz CT molecular complexity index is 1030. The number of carbonyl (C=O) groups is 1. The number of amides is 1. The SMILES string of the molecule is Cc1cccc(-c2ccc(CN3CCN(C(=O)OC(C)(C)C)CC34CCCC4)c(=O)[nH]2)c1. The van der Waals surface area contributed by atoms with Crippen molar-refractivity contribution in [2.24, 2.45) is 0 Å². The molecule has 0 bridgehead atoms. The number of H-pyrrole nitrogens is 1. The van der Waals surface area contributed by atoms with Crippen molar-refractivity contribution in [3.05, 3.63) is 57.9 Å². The van der Waals surface area contributed by atoms with Gasteiger partial charge in [-0.15, -0.1) is 0 Å². The monoisotopic (exact) mass is 437 g/mol. The van der Waals surface area contributed by atoms with Gasteiger partial charge in [0.15, 0.2) is 0 Å². The minimum Gasteiger partial charge on any atom is -0.444 e. The molecule has 1 aromatic carbocycles. The van der Waals surface area contributed by atoms with Crippen LogP contribution >= 0.6 is 0 Å². The quantitative estimate of drug-likeness (QED) is 0.755. The summed E-state index contributed by atoms with van der Waals surface area (Å²) in [5, 5.41) is 0. The summed E-state index contributed by atoms with van der Waals surface area (Å²) in [6.07, 6.45) is 4.17. The molecule has 2 fully saturated rings. The Morgan fingerprint density at radius 1 is 1.12 bits per heavy atom. The molecule has 2 heterocycles. The third-order valence-corrected chi connectivity index (χ3v) is 6.66. The van der Waals surface area contributed by atoms with Crippen LogP contribution in [-0.2, 0) is 11.3 Å². The summed E-state index contributed by atoms with van der Waals surface area (Å²) in [6.45, 7) is 10.4. The average Bonchev–Trinajstić information content (AvgIpc) is 3.18. The van der Waals surface area contributed by atoms with Gasteiger partial charge in [0.2, 0.25) is 0 Å². The molecule has 2 aliphatic rings. The van der Waals surface area contributed by atoms with Crippen molar-refractivity contribution in [2.75, 3.05) is 19.6 Å². The van der Waals surface area contributed by atoms with E-state index in [1.165, 1.54) is 5.56 Å². The summed E-state index contributed by atoms with van der Waals surface area (Å²) in [5.41, 5.74) is 3.20. The molecule has 4 rings (SSSR count). The molecule has 1 saturated carbocycles. The Morgan fingerprint density at radius 2 is 1.88 bits per heavy atom. The van der Waals surface area contributed by atoms with Crippen LogP contribution in [0.5, 0.6) is 0 Å². The van der Waals surface area contributed by atoms with Crippen LogP contribution in [0.15, 0.2) is 41.2 Å². The molecule has 1 spiro atoms. The number of aromatic nitrogens is 1. The predicted octanol–water partition coefficient (Wildman–Crippen LogP) is 4.72. The highest BCUT2D eigenvalue weighted by Gasteiger charge is 2.45. The third kappa shape index (κ3) is 4.90. The van der Waals surface area contributed by atoms with E-state index in [1.54, 1.807) is 0 Å². The average molecular weight is 438 g/mol. The first-order valence-electron chi connectivity index (χ1n) is 11.7. The first-order chi connectivity index (χ1) is 15.2. The number of nitrogens with one attached hydrogen (secondary N) is 1. The Balaban J connectivity index is 1.51. The van der Waals surface area contributed by atoms with Gasteiger partial charge in [-0.1, -0.05) is 42.7 Å². The predicted molar refractivity (Wildman–Crippen MR) is 127 cm³/mol. The second-order valence-electron chi connectivity index (χ2n) is 10.4. The highest BCUT2D eigenvalue weighted by atomic mass is 16.6. The lowest BCUT2D eigenvalue weighted by Gasteiger charge is -2.49. The van der Waals surface area contributed by atoms with Gasteiger partial charge in [0.1, 0.15) is 5.60 Å². The molecule has 6 heteroatoms. The van der Waals surface area contributed by atoms with Crippen LogP contribution < -0.4 is 5.56 Å². The van der Waals surface area contributed by atoms with Gasteiger partial charge in [0.25, 0.3) is 5.56 Å². The van der Waals surface area contributed by atoms with Gasteiger partial charge >= 0.3 is 6.09 Å². The van der Waals surface area contributed by atoms with Crippen LogP contribution in [0.3, 0.4) is 0 Å². The van der Waals surface area contributed by atoms with Crippen molar-refractivity contribution in [2.45, 2.75) is 71.1 Å². The molecule has 0 unspecified atom stereocenters. The van der Waals surface area contributed by atoms with E-state index in [0.29, 0.717) is 19.6 Å². The van der Waals surface area contributed by atoms with Gasteiger partial charge in [0.05, 0.1) is 0 Å². The molecule has 32 heavy (non-hydrogen) atoms. The van der Waals surface area contributed by atoms with E-state index in [9.17, 15) is 9.59 Å². The number of benzene rings is 1. The van der Waals surface area contributed by atoms with E-state index in [1.807, 2.05) is 62.9 Å². The summed E-state index contributed by atoms with van der Waals surface area (Å²) in [7, 11) is 0. The lowest BCUT2D eigenvalue weighted by Crippen LogP contribution is -2.62. The Labute approximate surface area is 190 Å². The van der Waals surface area contributed by atoms with Crippen LogP contribution in [0, 0.1) is 6.92 Å². The molecule has 0 atom stereocenters. The number of rotatable bonds is 3. The van der Waals surface area contributed by atoms with Crippen LogP contribution in [-0.4, -0.2) is 51.7 Å². The largest absolute Gasteiger partial charge is 0.444 e. The molecular formula is C26H35N3O3. The molecule has 2 aromatic rings. The maximum absolute atomic E-state index is 12.9. The zero-order valence-corrected chi connectivity index (χ0v) is 19.7. The molecule has 1 aromatic heterocycles. The summed E-state index contributed by atoms with van der Waals surface area (Å²) < 4.78 is 5.63. The molecular weight excluding hydrogens is 402 g/mol. The Hall–Kier alpha value is -2.60. The number of pyridine rings is 1.